The summed E-state index contributed by atoms with van der Waals surface area (Å²) in [6.45, 7) is 11.9. The number of hydrogen-bond acceptors (Lipinski definition) is 10. The number of ketones is 2. The largest absolute Gasteiger partial charge is 0.475 e. The number of hydrogen-bond donors (Lipinski definition) is 4. The Bertz CT molecular complexity index is 825. The van der Waals surface area contributed by atoms with Crippen LogP contribution in [0.5, 0.6) is 0 Å². The van der Waals surface area contributed by atoms with Gasteiger partial charge in [0, 0.05) is 46.9 Å². The fourth-order valence-corrected chi connectivity index (χ4v) is 7.14. The number of carbonyl (C=O) groups is 6. The maximum Gasteiger partial charge on any atom is 0.373 e. The lowest BCUT2D eigenvalue weighted by Crippen LogP contribution is -2.35. The quantitative estimate of drug-likeness (QED) is 0.104. The molecule has 4 N–H and O–H groups in total. The van der Waals surface area contributed by atoms with Crippen molar-refractivity contribution in [2.75, 3.05) is 24.6 Å². The van der Waals surface area contributed by atoms with Crippen LogP contribution in [-0.2, 0) is 28.8 Å². The fraction of sp³-hybridized carbons (Fsp3) is 0.739. The molecule has 0 aromatic carbocycles. The summed E-state index contributed by atoms with van der Waals surface area (Å²) in [5, 5.41) is 21.7. The minimum absolute atomic E-state index is 0.0511. The maximum absolute atomic E-state index is 12.2. The Hall–Kier alpha value is -1.38. The Morgan fingerprint density at radius 2 is 1.08 bits per heavy atom. The predicted octanol–water partition coefficient (Wildman–Crippen LogP) is 2.88. The molecule has 0 fully saturated rings. The van der Waals surface area contributed by atoms with E-state index in [1.807, 2.05) is 41.5 Å². The normalized spacial score (nSPS) is 13.4. The van der Waals surface area contributed by atoms with Gasteiger partial charge in [-0.3, -0.25) is 19.2 Å². The molecule has 0 aromatic rings. The average molecular weight is 599 g/mol. The molecule has 37 heavy (non-hydrogen) atoms. The number of carbonyl (C=O) groups excluding carboxylic acids is 4. The minimum Gasteiger partial charge on any atom is -0.475 e. The van der Waals surface area contributed by atoms with Crippen LogP contribution >= 0.6 is 45.1 Å². The van der Waals surface area contributed by atoms with E-state index in [-0.39, 0.29) is 34.7 Å². The Morgan fingerprint density at radius 3 is 1.51 bits per heavy atom. The SMILES string of the molecule is CC(C)(C)SC(CCC(=O)NCCSSCCNC(=O)CC(SC(C)(C)C)C(=O)C(=O)O)C(=O)C(=O)O. The van der Waals surface area contributed by atoms with Crippen molar-refractivity contribution in [3.05, 3.63) is 0 Å². The van der Waals surface area contributed by atoms with E-state index >= 15 is 0 Å². The van der Waals surface area contributed by atoms with E-state index in [2.05, 4.69) is 10.6 Å². The van der Waals surface area contributed by atoms with Gasteiger partial charge in [-0.15, -0.1) is 23.5 Å². The van der Waals surface area contributed by atoms with Crippen LogP contribution in [0.25, 0.3) is 0 Å². The van der Waals surface area contributed by atoms with Gasteiger partial charge in [0.2, 0.25) is 11.8 Å². The van der Waals surface area contributed by atoms with Gasteiger partial charge < -0.3 is 20.8 Å². The standard InChI is InChI=1S/C23H38N2O8S4/c1-22(2,3)36-14(18(28)20(30)31)7-8-16(26)24-9-11-34-35-12-10-25-17(27)13-15(19(29)21(32)33)37-23(4,5)6/h14-15H,7-13H2,1-6H3,(H,24,26)(H,25,27)(H,30,31)(H,32,33). The van der Waals surface area contributed by atoms with Crippen LogP contribution in [0, 0.1) is 0 Å². The highest BCUT2D eigenvalue weighted by molar-refractivity contribution is 8.76. The van der Waals surface area contributed by atoms with Gasteiger partial charge in [0.15, 0.2) is 0 Å². The van der Waals surface area contributed by atoms with Gasteiger partial charge >= 0.3 is 11.9 Å². The monoisotopic (exact) mass is 598 g/mol. The molecule has 0 bridgehead atoms. The molecule has 2 atom stereocenters. The zero-order valence-electron chi connectivity index (χ0n) is 22.1. The van der Waals surface area contributed by atoms with Crippen LogP contribution < -0.4 is 10.6 Å². The third-order valence-corrected chi connectivity index (χ3v) is 9.32. The summed E-state index contributed by atoms with van der Waals surface area (Å²) in [7, 11) is 2.99. The summed E-state index contributed by atoms with van der Waals surface area (Å²) < 4.78 is -0.691. The molecule has 0 aromatic heterocycles. The smallest absolute Gasteiger partial charge is 0.373 e. The lowest BCUT2D eigenvalue weighted by molar-refractivity contribution is -0.149. The number of rotatable bonds is 18. The fourth-order valence-electron chi connectivity index (χ4n) is 2.73. The molecular weight excluding hydrogens is 561 g/mol. The van der Waals surface area contributed by atoms with Crippen molar-refractivity contribution in [3.8, 4) is 0 Å². The highest BCUT2D eigenvalue weighted by Gasteiger charge is 2.32. The Kier molecular flexibility index (Phi) is 16.6. The highest BCUT2D eigenvalue weighted by Crippen LogP contribution is 2.32. The molecule has 0 rings (SSSR count). The van der Waals surface area contributed by atoms with Gasteiger partial charge in [0.1, 0.15) is 0 Å². The molecule has 0 saturated carbocycles. The van der Waals surface area contributed by atoms with Gasteiger partial charge in [-0.25, -0.2) is 9.59 Å². The van der Waals surface area contributed by atoms with E-state index in [1.54, 1.807) is 0 Å². The number of Topliss-reactive ketones (excluding diaryl/α,β-unsaturated/α-hetero) is 2. The minimum atomic E-state index is -1.55. The van der Waals surface area contributed by atoms with Crippen molar-refractivity contribution in [2.24, 2.45) is 0 Å². The van der Waals surface area contributed by atoms with Crippen molar-refractivity contribution >= 4 is 80.4 Å². The summed E-state index contributed by atoms with van der Waals surface area (Å²) in [6, 6.07) is 0. The zero-order valence-corrected chi connectivity index (χ0v) is 25.3. The van der Waals surface area contributed by atoms with Crippen LogP contribution in [0.3, 0.4) is 0 Å². The number of amides is 2. The van der Waals surface area contributed by atoms with Gasteiger partial charge in [0.25, 0.3) is 11.6 Å². The maximum atomic E-state index is 12.2. The molecule has 10 nitrogen and oxygen atoms in total. The van der Waals surface area contributed by atoms with Crippen molar-refractivity contribution in [1.29, 1.82) is 0 Å². The van der Waals surface area contributed by atoms with Crippen molar-refractivity contribution in [1.82, 2.24) is 10.6 Å². The number of aliphatic carboxylic acids is 2. The second kappa shape index (κ2) is 17.3. The second-order valence-corrected chi connectivity index (χ2v) is 16.6. The van der Waals surface area contributed by atoms with Crippen LogP contribution in [0.4, 0.5) is 0 Å². The van der Waals surface area contributed by atoms with Crippen molar-refractivity contribution < 1.29 is 39.0 Å². The topological polar surface area (TPSA) is 167 Å². The zero-order chi connectivity index (χ0) is 28.8. The molecule has 212 valence electrons. The first-order chi connectivity index (χ1) is 16.9. The van der Waals surface area contributed by atoms with Crippen LogP contribution in [0.2, 0.25) is 0 Å². The first-order valence-electron chi connectivity index (χ1n) is 11.6. The first-order valence-corrected chi connectivity index (χ1v) is 15.9. The second-order valence-electron chi connectivity index (χ2n) is 9.86. The van der Waals surface area contributed by atoms with Crippen LogP contribution in [0.15, 0.2) is 0 Å². The third kappa shape index (κ3) is 18.5. The lowest BCUT2D eigenvalue weighted by atomic mass is 10.1. The van der Waals surface area contributed by atoms with Crippen LogP contribution in [-0.4, -0.2) is 90.1 Å². The highest BCUT2D eigenvalue weighted by atomic mass is 33.1. The Morgan fingerprint density at radius 1 is 0.676 bits per heavy atom. The molecule has 0 aliphatic heterocycles. The molecular formula is C23H38N2O8S4. The Balaban J connectivity index is 4.19. The molecule has 0 aliphatic carbocycles. The van der Waals surface area contributed by atoms with Gasteiger partial charge in [-0.1, -0.05) is 63.1 Å². The summed E-state index contributed by atoms with van der Waals surface area (Å²) in [5.74, 6) is -4.39. The van der Waals surface area contributed by atoms with Gasteiger partial charge in [-0.2, -0.15) is 0 Å². The summed E-state index contributed by atoms with van der Waals surface area (Å²) in [5.41, 5.74) is 0. The average Bonchev–Trinajstić information content (AvgIpc) is 2.74. The van der Waals surface area contributed by atoms with Crippen molar-refractivity contribution in [3.63, 3.8) is 0 Å². The lowest BCUT2D eigenvalue weighted by Gasteiger charge is -2.23. The van der Waals surface area contributed by atoms with Crippen LogP contribution in [0.1, 0.15) is 60.8 Å². The third-order valence-electron chi connectivity index (χ3n) is 4.10. The summed E-state index contributed by atoms with van der Waals surface area (Å²) in [6.07, 6.45) is -0.00670. The van der Waals surface area contributed by atoms with E-state index in [0.29, 0.717) is 24.6 Å². The molecule has 14 heteroatoms. The summed E-state index contributed by atoms with van der Waals surface area (Å²) in [4.78, 5) is 70.1. The Labute approximate surface area is 234 Å². The van der Waals surface area contributed by atoms with Crippen molar-refractivity contribution in [2.45, 2.75) is 80.8 Å². The number of nitrogens with one attached hydrogen (secondary N) is 2. The van der Waals surface area contributed by atoms with Gasteiger partial charge in [0.05, 0.1) is 10.5 Å². The van der Waals surface area contributed by atoms with E-state index in [0.717, 1.165) is 11.8 Å². The molecule has 0 radical (unpaired) electrons. The number of carboxylic acid groups (broad SMARTS) is 2. The summed E-state index contributed by atoms with van der Waals surface area (Å²) >= 11 is 2.39. The first kappa shape index (κ1) is 35.6. The van der Waals surface area contributed by atoms with E-state index in [1.165, 1.54) is 33.3 Å². The van der Waals surface area contributed by atoms with E-state index in [4.69, 9.17) is 10.2 Å². The molecule has 0 spiro atoms. The van der Waals surface area contributed by atoms with E-state index in [9.17, 15) is 28.8 Å². The molecule has 2 amide bonds. The van der Waals surface area contributed by atoms with Gasteiger partial charge in [-0.05, 0) is 6.42 Å². The molecule has 2 unspecified atom stereocenters. The number of thioether (sulfide) groups is 2. The molecule has 0 heterocycles. The molecule has 0 aliphatic rings. The molecule has 0 saturated heterocycles. The number of carboxylic acids is 2. The van der Waals surface area contributed by atoms with E-state index < -0.39 is 39.9 Å². The predicted molar refractivity (Wildman–Crippen MR) is 152 cm³/mol.